The zero-order valence-corrected chi connectivity index (χ0v) is 14.1. The van der Waals surface area contributed by atoms with Gasteiger partial charge in [-0.25, -0.2) is 4.79 Å². The van der Waals surface area contributed by atoms with Gasteiger partial charge in [-0.1, -0.05) is 32.0 Å². The highest BCUT2D eigenvalue weighted by molar-refractivity contribution is 6.01. The van der Waals surface area contributed by atoms with Crippen molar-refractivity contribution in [3.8, 4) is 0 Å². The van der Waals surface area contributed by atoms with Crippen LogP contribution in [0, 0.1) is 0 Å². The summed E-state index contributed by atoms with van der Waals surface area (Å²) in [6.45, 7) is 4.70. The van der Waals surface area contributed by atoms with E-state index < -0.39 is 0 Å². The van der Waals surface area contributed by atoms with Crippen LogP contribution in [0.15, 0.2) is 48.5 Å². The molecular weight excluding hydrogens is 302 g/mol. The minimum atomic E-state index is -0.306. The fraction of sp³-hybridized carbons (Fsp3) is 0.263. The van der Waals surface area contributed by atoms with Crippen LogP contribution < -0.4 is 16.0 Å². The monoisotopic (exact) mass is 325 g/mol. The third kappa shape index (κ3) is 4.84. The zero-order chi connectivity index (χ0) is 17.4. The van der Waals surface area contributed by atoms with E-state index in [1.54, 1.807) is 24.3 Å². The summed E-state index contributed by atoms with van der Waals surface area (Å²) in [6, 6.07) is 14.2. The van der Waals surface area contributed by atoms with Gasteiger partial charge in [0.2, 0.25) is 0 Å². The minimum Gasteiger partial charge on any atom is -0.352 e. The van der Waals surface area contributed by atoms with E-state index in [1.807, 2.05) is 38.1 Å². The van der Waals surface area contributed by atoms with Crippen LogP contribution in [0.5, 0.6) is 0 Å². The maximum absolute atomic E-state index is 12.1. The Hall–Kier alpha value is -2.82. The highest BCUT2D eigenvalue weighted by Crippen LogP contribution is 2.16. The van der Waals surface area contributed by atoms with Crippen molar-refractivity contribution in [2.24, 2.45) is 0 Å². The number of para-hydroxylation sites is 1. The number of anilines is 2. The lowest BCUT2D eigenvalue weighted by molar-refractivity contribution is 0.0953. The predicted octanol–water partition coefficient (Wildman–Crippen LogP) is 4.03. The maximum atomic E-state index is 12.1. The van der Waals surface area contributed by atoms with Crippen molar-refractivity contribution in [1.29, 1.82) is 0 Å². The molecule has 0 aromatic heterocycles. The molecule has 0 saturated carbocycles. The number of amides is 3. The molecule has 3 N–H and O–H groups in total. The molecule has 2 rings (SSSR count). The number of rotatable bonds is 6. The van der Waals surface area contributed by atoms with Crippen LogP contribution in [0.2, 0.25) is 0 Å². The van der Waals surface area contributed by atoms with Gasteiger partial charge in [0, 0.05) is 23.5 Å². The first-order valence-electron chi connectivity index (χ1n) is 8.18. The van der Waals surface area contributed by atoms with Crippen LogP contribution in [0.4, 0.5) is 16.2 Å². The average Bonchev–Trinajstić information content (AvgIpc) is 2.60. The Bertz CT molecular complexity index is 696. The normalized spacial score (nSPS) is 10.1. The van der Waals surface area contributed by atoms with Crippen molar-refractivity contribution in [2.75, 3.05) is 17.2 Å². The number of aryl methyl sites for hydroxylation is 1. The van der Waals surface area contributed by atoms with E-state index in [4.69, 9.17) is 0 Å². The summed E-state index contributed by atoms with van der Waals surface area (Å²) in [7, 11) is 0. The summed E-state index contributed by atoms with van der Waals surface area (Å²) >= 11 is 0. The fourth-order valence-corrected chi connectivity index (χ4v) is 2.28. The summed E-state index contributed by atoms with van der Waals surface area (Å²) in [5.74, 6) is -0.107. The van der Waals surface area contributed by atoms with E-state index in [1.165, 1.54) is 0 Å². The van der Waals surface area contributed by atoms with Crippen molar-refractivity contribution in [3.05, 3.63) is 59.7 Å². The summed E-state index contributed by atoms with van der Waals surface area (Å²) in [5, 5.41) is 8.43. The Kier molecular flexibility index (Phi) is 6.37. The van der Waals surface area contributed by atoms with Crippen LogP contribution in [-0.2, 0) is 6.42 Å². The third-order valence-corrected chi connectivity index (χ3v) is 3.59. The Balaban J connectivity index is 1.95. The second-order valence-corrected chi connectivity index (χ2v) is 5.42. The quantitative estimate of drug-likeness (QED) is 0.750. The van der Waals surface area contributed by atoms with Crippen molar-refractivity contribution >= 4 is 23.3 Å². The van der Waals surface area contributed by atoms with E-state index in [9.17, 15) is 9.59 Å². The summed E-state index contributed by atoms with van der Waals surface area (Å²) in [6.07, 6.45) is 1.74. The first-order chi connectivity index (χ1) is 11.6. The van der Waals surface area contributed by atoms with Gasteiger partial charge in [-0.2, -0.15) is 0 Å². The molecule has 126 valence electrons. The second kappa shape index (κ2) is 8.72. The van der Waals surface area contributed by atoms with Gasteiger partial charge in [0.1, 0.15) is 0 Å². The number of carbonyl (C=O) groups excluding carboxylic acids is 2. The van der Waals surface area contributed by atoms with Gasteiger partial charge < -0.3 is 16.0 Å². The summed E-state index contributed by atoms with van der Waals surface area (Å²) < 4.78 is 0. The molecule has 5 heteroatoms. The molecule has 0 unspecified atom stereocenters. The maximum Gasteiger partial charge on any atom is 0.323 e. The number of nitrogens with one attached hydrogen (secondary N) is 3. The lowest BCUT2D eigenvalue weighted by atomic mass is 10.1. The molecule has 0 radical (unpaired) electrons. The molecule has 2 aromatic carbocycles. The van der Waals surface area contributed by atoms with Crippen LogP contribution in [0.1, 0.15) is 36.2 Å². The van der Waals surface area contributed by atoms with Crippen LogP contribution >= 0.6 is 0 Å². The van der Waals surface area contributed by atoms with E-state index in [2.05, 4.69) is 16.0 Å². The Morgan fingerprint density at radius 1 is 0.917 bits per heavy atom. The SMILES string of the molecule is CCCNC(=O)c1ccc(NC(=O)Nc2ccccc2CC)cc1. The molecule has 2 aromatic rings. The molecule has 3 amide bonds. The van der Waals surface area contributed by atoms with Gasteiger partial charge >= 0.3 is 6.03 Å². The van der Waals surface area contributed by atoms with E-state index in [0.717, 1.165) is 24.1 Å². The minimum absolute atomic E-state index is 0.107. The van der Waals surface area contributed by atoms with Gasteiger partial charge in [0.15, 0.2) is 0 Å². The van der Waals surface area contributed by atoms with Crippen LogP contribution in [0.3, 0.4) is 0 Å². The van der Waals surface area contributed by atoms with Crippen molar-refractivity contribution in [1.82, 2.24) is 5.32 Å². The molecule has 0 atom stereocenters. The standard InChI is InChI=1S/C19H23N3O2/c1-3-13-20-18(23)15-9-11-16(12-10-15)21-19(24)22-17-8-6-5-7-14(17)4-2/h5-12H,3-4,13H2,1-2H3,(H,20,23)(H2,21,22,24). The third-order valence-electron chi connectivity index (χ3n) is 3.59. The number of carbonyl (C=O) groups is 2. The van der Waals surface area contributed by atoms with Crippen LogP contribution in [0.25, 0.3) is 0 Å². The zero-order valence-electron chi connectivity index (χ0n) is 14.1. The molecule has 0 spiro atoms. The molecule has 0 aliphatic carbocycles. The molecule has 5 nitrogen and oxygen atoms in total. The fourth-order valence-electron chi connectivity index (χ4n) is 2.28. The average molecular weight is 325 g/mol. The Labute approximate surface area is 142 Å². The smallest absolute Gasteiger partial charge is 0.323 e. The summed E-state index contributed by atoms with van der Waals surface area (Å²) in [4.78, 5) is 23.9. The molecule has 0 bridgehead atoms. The van der Waals surface area contributed by atoms with E-state index >= 15 is 0 Å². The molecule has 24 heavy (non-hydrogen) atoms. The Morgan fingerprint density at radius 3 is 2.29 bits per heavy atom. The van der Waals surface area contributed by atoms with Crippen molar-refractivity contribution in [2.45, 2.75) is 26.7 Å². The largest absolute Gasteiger partial charge is 0.352 e. The van der Waals surface area contributed by atoms with Gasteiger partial charge in [-0.3, -0.25) is 4.79 Å². The van der Waals surface area contributed by atoms with Crippen molar-refractivity contribution in [3.63, 3.8) is 0 Å². The van der Waals surface area contributed by atoms with Crippen LogP contribution in [-0.4, -0.2) is 18.5 Å². The molecule has 0 heterocycles. The molecule has 0 saturated heterocycles. The van der Waals surface area contributed by atoms with E-state index in [0.29, 0.717) is 17.8 Å². The lowest BCUT2D eigenvalue weighted by Crippen LogP contribution is -2.24. The first-order valence-corrected chi connectivity index (χ1v) is 8.18. The lowest BCUT2D eigenvalue weighted by Gasteiger charge is -2.11. The van der Waals surface area contributed by atoms with Gasteiger partial charge in [-0.15, -0.1) is 0 Å². The number of benzene rings is 2. The number of urea groups is 1. The summed E-state index contributed by atoms with van der Waals surface area (Å²) in [5.41, 5.74) is 3.09. The molecule has 0 aliphatic rings. The van der Waals surface area contributed by atoms with E-state index in [-0.39, 0.29) is 11.9 Å². The topological polar surface area (TPSA) is 70.2 Å². The first kappa shape index (κ1) is 17.5. The highest BCUT2D eigenvalue weighted by Gasteiger charge is 2.07. The number of hydrogen-bond acceptors (Lipinski definition) is 2. The molecular formula is C19H23N3O2. The number of hydrogen-bond donors (Lipinski definition) is 3. The van der Waals surface area contributed by atoms with Gasteiger partial charge in [-0.05, 0) is 48.7 Å². The van der Waals surface area contributed by atoms with Crippen molar-refractivity contribution < 1.29 is 9.59 Å². The van der Waals surface area contributed by atoms with Gasteiger partial charge in [0.25, 0.3) is 5.91 Å². The molecule has 0 fully saturated rings. The Morgan fingerprint density at radius 2 is 1.62 bits per heavy atom. The predicted molar refractivity (Wildman–Crippen MR) is 97.5 cm³/mol. The van der Waals surface area contributed by atoms with Gasteiger partial charge in [0.05, 0.1) is 0 Å². The second-order valence-electron chi connectivity index (χ2n) is 5.42. The molecule has 0 aliphatic heterocycles. The highest BCUT2D eigenvalue weighted by atomic mass is 16.2.